The molecule has 2 aliphatic rings. The summed E-state index contributed by atoms with van der Waals surface area (Å²) in [5.41, 5.74) is 0.814. The van der Waals surface area contributed by atoms with Crippen LogP contribution in [-0.4, -0.2) is 29.5 Å². The molecule has 1 aliphatic carbocycles. The number of thiophene rings is 1. The van der Waals surface area contributed by atoms with E-state index in [1.54, 1.807) is 23.2 Å². The van der Waals surface area contributed by atoms with E-state index < -0.39 is 6.23 Å². The van der Waals surface area contributed by atoms with Crippen LogP contribution >= 0.6 is 11.3 Å². The molecule has 4 nitrogen and oxygen atoms in total. The standard InChI is InChI=1S/C15H19NO3S/c1-8-7-16(9(2)19-10(3)17)15(18)12-6-13(11-4-5-11)20-14(8)12/h6,8-9,11H,4-5,7H2,1-3H3. The number of amides is 1. The number of nitrogens with zero attached hydrogens (tertiary/aromatic N) is 1. The van der Waals surface area contributed by atoms with Crippen LogP contribution in [0, 0.1) is 0 Å². The van der Waals surface area contributed by atoms with Gasteiger partial charge in [0, 0.05) is 29.1 Å². The summed E-state index contributed by atoms with van der Waals surface area (Å²) in [5, 5.41) is 0. The summed E-state index contributed by atoms with van der Waals surface area (Å²) in [6, 6.07) is 2.06. The summed E-state index contributed by atoms with van der Waals surface area (Å²) < 4.78 is 5.16. The summed E-state index contributed by atoms with van der Waals surface area (Å²) >= 11 is 1.79. The minimum absolute atomic E-state index is 0.00463. The molecule has 3 rings (SSSR count). The van der Waals surface area contributed by atoms with Gasteiger partial charge >= 0.3 is 5.97 Å². The van der Waals surface area contributed by atoms with Crippen LogP contribution in [0.5, 0.6) is 0 Å². The fourth-order valence-corrected chi connectivity index (χ4v) is 4.12. The Morgan fingerprint density at radius 2 is 2.20 bits per heavy atom. The lowest BCUT2D eigenvalue weighted by Gasteiger charge is -2.34. The third-order valence-electron chi connectivity index (χ3n) is 3.94. The van der Waals surface area contributed by atoms with Crippen LogP contribution in [0.4, 0.5) is 0 Å². The van der Waals surface area contributed by atoms with Crippen molar-refractivity contribution >= 4 is 23.2 Å². The maximum Gasteiger partial charge on any atom is 0.304 e. The van der Waals surface area contributed by atoms with Crippen molar-refractivity contribution in [1.82, 2.24) is 4.90 Å². The molecule has 1 saturated carbocycles. The predicted octanol–water partition coefficient (Wildman–Crippen LogP) is 3.09. The zero-order valence-electron chi connectivity index (χ0n) is 12.0. The molecular weight excluding hydrogens is 274 g/mol. The van der Waals surface area contributed by atoms with E-state index in [1.165, 1.54) is 29.5 Å². The van der Waals surface area contributed by atoms with Crippen LogP contribution in [0.15, 0.2) is 6.07 Å². The van der Waals surface area contributed by atoms with Gasteiger partial charge in [-0.25, -0.2) is 0 Å². The van der Waals surface area contributed by atoms with E-state index in [4.69, 9.17) is 4.74 Å². The highest BCUT2D eigenvalue weighted by molar-refractivity contribution is 7.12. The van der Waals surface area contributed by atoms with Crippen molar-refractivity contribution in [3.63, 3.8) is 0 Å². The van der Waals surface area contributed by atoms with E-state index in [0.717, 1.165) is 5.56 Å². The molecule has 0 spiro atoms. The van der Waals surface area contributed by atoms with Crippen molar-refractivity contribution in [1.29, 1.82) is 0 Å². The Morgan fingerprint density at radius 3 is 2.80 bits per heavy atom. The van der Waals surface area contributed by atoms with Gasteiger partial charge in [-0.15, -0.1) is 11.3 Å². The third kappa shape index (κ3) is 2.35. The first-order chi connectivity index (χ1) is 9.47. The minimum atomic E-state index is -0.500. The number of hydrogen-bond acceptors (Lipinski definition) is 4. The van der Waals surface area contributed by atoms with E-state index in [-0.39, 0.29) is 11.9 Å². The zero-order valence-corrected chi connectivity index (χ0v) is 12.8. The Bertz CT molecular complexity index is 561. The molecule has 20 heavy (non-hydrogen) atoms. The van der Waals surface area contributed by atoms with Gasteiger partial charge in [-0.1, -0.05) is 6.92 Å². The Morgan fingerprint density at radius 1 is 1.50 bits per heavy atom. The molecule has 1 fully saturated rings. The SMILES string of the molecule is CC(=O)OC(C)N1CC(C)c2sc(C3CC3)cc2C1=O. The normalized spacial score (nSPS) is 23.4. The number of esters is 1. The van der Waals surface area contributed by atoms with Crippen molar-refractivity contribution in [3.8, 4) is 0 Å². The average molecular weight is 293 g/mol. The van der Waals surface area contributed by atoms with Gasteiger partial charge in [-0.05, 0) is 31.7 Å². The van der Waals surface area contributed by atoms with Gasteiger partial charge in [-0.3, -0.25) is 9.59 Å². The van der Waals surface area contributed by atoms with Gasteiger partial charge in [0.1, 0.15) is 0 Å². The molecule has 1 amide bonds. The molecule has 1 aromatic rings. The fourth-order valence-electron chi connectivity index (χ4n) is 2.76. The van der Waals surface area contributed by atoms with Gasteiger partial charge in [-0.2, -0.15) is 0 Å². The summed E-state index contributed by atoms with van der Waals surface area (Å²) in [7, 11) is 0. The van der Waals surface area contributed by atoms with E-state index in [1.807, 2.05) is 0 Å². The lowest BCUT2D eigenvalue weighted by molar-refractivity contribution is -0.152. The molecule has 5 heteroatoms. The van der Waals surface area contributed by atoms with Crippen LogP contribution in [-0.2, 0) is 9.53 Å². The second-order valence-corrected chi connectivity index (χ2v) is 6.88. The maximum absolute atomic E-state index is 12.6. The van der Waals surface area contributed by atoms with Gasteiger partial charge < -0.3 is 9.64 Å². The number of rotatable bonds is 3. The number of hydrogen-bond donors (Lipinski definition) is 0. The minimum Gasteiger partial charge on any atom is -0.442 e. The molecule has 0 aromatic carbocycles. The van der Waals surface area contributed by atoms with Gasteiger partial charge in [0.15, 0.2) is 6.23 Å². The zero-order chi connectivity index (χ0) is 14.4. The molecule has 0 N–H and O–H groups in total. The topological polar surface area (TPSA) is 46.6 Å². The number of carbonyl (C=O) groups is 2. The lowest BCUT2D eigenvalue weighted by atomic mass is 9.99. The largest absolute Gasteiger partial charge is 0.442 e. The molecule has 2 heterocycles. The maximum atomic E-state index is 12.6. The van der Waals surface area contributed by atoms with Gasteiger partial charge in [0.05, 0.1) is 5.56 Å². The Kier molecular flexibility index (Phi) is 3.32. The van der Waals surface area contributed by atoms with Crippen molar-refractivity contribution in [2.45, 2.75) is 51.7 Å². The number of ether oxygens (including phenoxy) is 1. The van der Waals surface area contributed by atoms with Crippen LogP contribution < -0.4 is 0 Å². The number of fused-ring (bicyclic) bond motifs is 1. The Labute approximate surface area is 122 Å². The van der Waals surface area contributed by atoms with Crippen molar-refractivity contribution < 1.29 is 14.3 Å². The van der Waals surface area contributed by atoms with E-state index in [0.29, 0.717) is 18.4 Å². The van der Waals surface area contributed by atoms with E-state index in [2.05, 4.69) is 13.0 Å². The first kappa shape index (κ1) is 13.6. The first-order valence-electron chi connectivity index (χ1n) is 7.09. The molecular formula is C15H19NO3S. The van der Waals surface area contributed by atoms with Crippen molar-refractivity contribution in [2.75, 3.05) is 6.54 Å². The van der Waals surface area contributed by atoms with E-state index >= 15 is 0 Å². The summed E-state index contributed by atoms with van der Waals surface area (Å²) in [5.74, 6) is 0.617. The number of carbonyl (C=O) groups excluding carboxylic acids is 2. The van der Waals surface area contributed by atoms with Gasteiger partial charge in [0.25, 0.3) is 5.91 Å². The first-order valence-corrected chi connectivity index (χ1v) is 7.90. The van der Waals surface area contributed by atoms with Crippen LogP contribution in [0.2, 0.25) is 0 Å². The smallest absolute Gasteiger partial charge is 0.304 e. The summed E-state index contributed by atoms with van der Waals surface area (Å²) in [4.78, 5) is 27.9. The molecule has 1 aromatic heterocycles. The molecule has 2 atom stereocenters. The van der Waals surface area contributed by atoms with Gasteiger partial charge in [0.2, 0.25) is 0 Å². The van der Waals surface area contributed by atoms with Crippen molar-refractivity contribution in [3.05, 3.63) is 21.4 Å². The average Bonchev–Trinajstić information content (AvgIpc) is 3.11. The molecule has 0 saturated heterocycles. The fraction of sp³-hybridized carbons (Fsp3) is 0.600. The molecule has 0 radical (unpaired) electrons. The second-order valence-electron chi connectivity index (χ2n) is 5.77. The second kappa shape index (κ2) is 4.88. The molecule has 108 valence electrons. The predicted molar refractivity (Wildman–Crippen MR) is 77.0 cm³/mol. The van der Waals surface area contributed by atoms with Crippen molar-refractivity contribution in [2.24, 2.45) is 0 Å². The highest BCUT2D eigenvalue weighted by Gasteiger charge is 2.37. The molecule has 2 unspecified atom stereocenters. The van der Waals surface area contributed by atoms with Crippen LogP contribution in [0.3, 0.4) is 0 Å². The lowest BCUT2D eigenvalue weighted by Crippen LogP contribution is -2.45. The summed E-state index contributed by atoms with van der Waals surface area (Å²) in [6.07, 6.45) is 1.99. The van der Waals surface area contributed by atoms with E-state index in [9.17, 15) is 9.59 Å². The molecule has 0 bridgehead atoms. The quantitative estimate of drug-likeness (QED) is 0.805. The monoisotopic (exact) mass is 293 g/mol. The van der Waals surface area contributed by atoms with Crippen LogP contribution in [0.1, 0.15) is 65.6 Å². The third-order valence-corrected chi connectivity index (χ3v) is 5.47. The van der Waals surface area contributed by atoms with Crippen LogP contribution in [0.25, 0.3) is 0 Å². The Balaban J connectivity index is 1.87. The Hall–Kier alpha value is -1.36. The highest BCUT2D eigenvalue weighted by atomic mass is 32.1. The highest BCUT2D eigenvalue weighted by Crippen LogP contribution is 2.47. The molecule has 1 aliphatic heterocycles. The summed E-state index contributed by atoms with van der Waals surface area (Å²) in [6.45, 7) is 5.87.